The normalized spacial score (nSPS) is 18.9. The first-order valence-corrected chi connectivity index (χ1v) is 5.27. The summed E-state index contributed by atoms with van der Waals surface area (Å²) in [4.78, 5) is 2.47. The molecule has 0 spiro atoms. The van der Waals surface area contributed by atoms with Gasteiger partial charge in [-0.3, -0.25) is 0 Å². The molecular weight excluding hydrogens is 166 g/mol. The van der Waals surface area contributed by atoms with E-state index in [1.807, 2.05) is 0 Å². The third kappa shape index (κ3) is 4.07. The number of nitrogens with zero attached hydrogens (tertiary/aromatic N) is 1. The maximum atomic E-state index is 8.46. The molecule has 3 heteroatoms. The molecule has 1 rings (SSSR count). The summed E-state index contributed by atoms with van der Waals surface area (Å²) in [7, 11) is 0. The fourth-order valence-electron chi connectivity index (χ4n) is 1.67. The molecule has 0 aliphatic carbocycles. The molecule has 0 bridgehead atoms. The van der Waals surface area contributed by atoms with Gasteiger partial charge in [0.05, 0.1) is 13.2 Å². The fourth-order valence-corrected chi connectivity index (χ4v) is 1.67. The Bertz CT molecular complexity index is 124. The molecule has 0 aromatic heterocycles. The van der Waals surface area contributed by atoms with Crippen molar-refractivity contribution in [3.8, 4) is 0 Å². The van der Waals surface area contributed by atoms with E-state index in [2.05, 4.69) is 11.8 Å². The van der Waals surface area contributed by atoms with E-state index in [-0.39, 0.29) is 6.61 Å². The number of aliphatic hydroxyl groups is 1. The third-order valence-corrected chi connectivity index (χ3v) is 2.61. The topological polar surface area (TPSA) is 32.7 Å². The second kappa shape index (κ2) is 6.35. The number of aliphatic hydroxyl groups excluding tert-OH is 1. The maximum Gasteiger partial charge on any atom is 0.0697 e. The molecule has 13 heavy (non-hydrogen) atoms. The molecule has 0 amide bonds. The van der Waals surface area contributed by atoms with Gasteiger partial charge in [0.2, 0.25) is 0 Å². The zero-order valence-electron chi connectivity index (χ0n) is 8.54. The van der Waals surface area contributed by atoms with Crippen molar-refractivity contribution >= 4 is 0 Å². The Balaban J connectivity index is 1.80. The molecule has 1 aliphatic heterocycles. The van der Waals surface area contributed by atoms with E-state index in [4.69, 9.17) is 9.84 Å². The minimum absolute atomic E-state index is 0.140. The van der Waals surface area contributed by atoms with Gasteiger partial charge in [-0.15, -0.1) is 0 Å². The van der Waals surface area contributed by atoms with Gasteiger partial charge in [-0.1, -0.05) is 13.3 Å². The first-order valence-electron chi connectivity index (χ1n) is 5.27. The lowest BCUT2D eigenvalue weighted by molar-refractivity contribution is 0.0606. The average molecular weight is 187 g/mol. The standard InChI is InChI=1S/C10H21NO2/c1-2-10-8-11(9-10)4-3-6-13-7-5-12/h10,12H,2-9H2,1H3. The van der Waals surface area contributed by atoms with Crippen LogP contribution in [0.25, 0.3) is 0 Å². The minimum Gasteiger partial charge on any atom is -0.394 e. The molecule has 0 saturated carbocycles. The Morgan fingerprint density at radius 1 is 1.38 bits per heavy atom. The predicted molar refractivity (Wildman–Crippen MR) is 52.7 cm³/mol. The van der Waals surface area contributed by atoms with Gasteiger partial charge >= 0.3 is 0 Å². The monoisotopic (exact) mass is 187 g/mol. The average Bonchev–Trinajstić information content (AvgIpc) is 2.08. The van der Waals surface area contributed by atoms with Gasteiger partial charge in [0.25, 0.3) is 0 Å². The first-order chi connectivity index (χ1) is 6.36. The van der Waals surface area contributed by atoms with E-state index in [0.29, 0.717) is 6.61 Å². The summed E-state index contributed by atoms with van der Waals surface area (Å²) >= 11 is 0. The fraction of sp³-hybridized carbons (Fsp3) is 1.00. The molecule has 1 N–H and O–H groups in total. The van der Waals surface area contributed by atoms with E-state index in [9.17, 15) is 0 Å². The van der Waals surface area contributed by atoms with Crippen molar-refractivity contribution < 1.29 is 9.84 Å². The van der Waals surface area contributed by atoms with Crippen LogP contribution >= 0.6 is 0 Å². The smallest absolute Gasteiger partial charge is 0.0697 e. The molecule has 0 aromatic rings. The van der Waals surface area contributed by atoms with Crippen LogP contribution in [0.3, 0.4) is 0 Å². The quantitative estimate of drug-likeness (QED) is 0.596. The van der Waals surface area contributed by atoms with Gasteiger partial charge in [0.1, 0.15) is 0 Å². The second-order valence-corrected chi connectivity index (χ2v) is 3.72. The van der Waals surface area contributed by atoms with Crippen LogP contribution in [-0.4, -0.2) is 49.5 Å². The molecule has 0 aromatic carbocycles. The highest BCUT2D eigenvalue weighted by atomic mass is 16.5. The lowest BCUT2D eigenvalue weighted by Gasteiger charge is -2.38. The molecule has 1 fully saturated rings. The third-order valence-electron chi connectivity index (χ3n) is 2.61. The number of hydrogen-bond acceptors (Lipinski definition) is 3. The Morgan fingerprint density at radius 2 is 2.15 bits per heavy atom. The molecule has 1 aliphatic rings. The van der Waals surface area contributed by atoms with Gasteiger partial charge < -0.3 is 14.7 Å². The van der Waals surface area contributed by atoms with Crippen molar-refractivity contribution in [3.05, 3.63) is 0 Å². The molecule has 3 nitrogen and oxygen atoms in total. The highest BCUT2D eigenvalue weighted by molar-refractivity contribution is 4.77. The van der Waals surface area contributed by atoms with Crippen LogP contribution in [-0.2, 0) is 4.74 Å². The number of likely N-dealkylation sites (tertiary alicyclic amines) is 1. The zero-order valence-corrected chi connectivity index (χ0v) is 8.54. The molecule has 1 heterocycles. The van der Waals surface area contributed by atoms with E-state index in [1.54, 1.807) is 0 Å². The van der Waals surface area contributed by atoms with Crippen LogP contribution in [0.1, 0.15) is 19.8 Å². The summed E-state index contributed by atoms with van der Waals surface area (Å²) < 4.78 is 5.18. The van der Waals surface area contributed by atoms with Crippen LogP contribution in [0.5, 0.6) is 0 Å². The van der Waals surface area contributed by atoms with Crippen molar-refractivity contribution in [3.63, 3.8) is 0 Å². The van der Waals surface area contributed by atoms with Gasteiger partial charge in [0, 0.05) is 26.2 Å². The van der Waals surface area contributed by atoms with Gasteiger partial charge in [-0.05, 0) is 12.3 Å². The van der Waals surface area contributed by atoms with Crippen molar-refractivity contribution in [1.82, 2.24) is 4.90 Å². The maximum absolute atomic E-state index is 8.46. The van der Waals surface area contributed by atoms with Crippen LogP contribution in [0.2, 0.25) is 0 Å². The second-order valence-electron chi connectivity index (χ2n) is 3.72. The van der Waals surface area contributed by atoms with Gasteiger partial charge in [-0.2, -0.15) is 0 Å². The first kappa shape index (κ1) is 11.0. The molecular formula is C10H21NO2. The summed E-state index contributed by atoms with van der Waals surface area (Å²) in [6.07, 6.45) is 2.41. The van der Waals surface area contributed by atoms with E-state index in [1.165, 1.54) is 19.5 Å². The summed E-state index contributed by atoms with van der Waals surface area (Å²) in [6.45, 7) is 7.37. The largest absolute Gasteiger partial charge is 0.394 e. The highest BCUT2D eigenvalue weighted by Crippen LogP contribution is 2.17. The molecule has 1 saturated heterocycles. The van der Waals surface area contributed by atoms with Gasteiger partial charge in [0.15, 0.2) is 0 Å². The summed E-state index contributed by atoms with van der Waals surface area (Å²) in [5, 5.41) is 8.46. The van der Waals surface area contributed by atoms with Crippen molar-refractivity contribution in [2.75, 3.05) is 39.5 Å². The van der Waals surface area contributed by atoms with Gasteiger partial charge in [-0.25, -0.2) is 0 Å². The van der Waals surface area contributed by atoms with E-state index < -0.39 is 0 Å². The van der Waals surface area contributed by atoms with Crippen LogP contribution in [0, 0.1) is 5.92 Å². The Hall–Kier alpha value is -0.120. The number of rotatable bonds is 7. The van der Waals surface area contributed by atoms with Crippen LogP contribution in [0.4, 0.5) is 0 Å². The van der Waals surface area contributed by atoms with Crippen molar-refractivity contribution in [2.24, 2.45) is 5.92 Å². The number of hydrogen-bond donors (Lipinski definition) is 1. The lowest BCUT2D eigenvalue weighted by Crippen LogP contribution is -2.46. The Labute approximate surface area is 80.7 Å². The summed E-state index contributed by atoms with van der Waals surface area (Å²) in [6, 6.07) is 0. The number of ether oxygens (including phenoxy) is 1. The molecule has 0 radical (unpaired) electrons. The zero-order chi connectivity index (χ0) is 9.52. The highest BCUT2D eigenvalue weighted by Gasteiger charge is 2.23. The summed E-state index contributed by atoms with van der Waals surface area (Å²) in [5.74, 6) is 0.943. The van der Waals surface area contributed by atoms with Crippen molar-refractivity contribution in [2.45, 2.75) is 19.8 Å². The molecule has 0 atom stereocenters. The lowest BCUT2D eigenvalue weighted by atomic mass is 9.97. The van der Waals surface area contributed by atoms with E-state index in [0.717, 1.165) is 25.5 Å². The van der Waals surface area contributed by atoms with Crippen LogP contribution in [0.15, 0.2) is 0 Å². The predicted octanol–water partition coefficient (Wildman–Crippen LogP) is 0.727. The Morgan fingerprint density at radius 3 is 2.77 bits per heavy atom. The minimum atomic E-state index is 0.140. The van der Waals surface area contributed by atoms with E-state index >= 15 is 0 Å². The molecule has 0 unspecified atom stereocenters. The van der Waals surface area contributed by atoms with Crippen molar-refractivity contribution in [1.29, 1.82) is 0 Å². The molecule has 78 valence electrons. The SMILES string of the molecule is CCC1CN(CCCOCCO)C1. The Kier molecular flexibility index (Phi) is 5.35. The van der Waals surface area contributed by atoms with Crippen LogP contribution < -0.4 is 0 Å². The summed E-state index contributed by atoms with van der Waals surface area (Å²) in [5.41, 5.74) is 0.